The number of amides is 1. The molecule has 5 heteroatoms. The van der Waals surface area contributed by atoms with E-state index in [0.717, 1.165) is 22.2 Å². The number of carbonyl (C=O) groups is 1. The van der Waals surface area contributed by atoms with Crippen molar-refractivity contribution in [1.29, 1.82) is 0 Å². The average Bonchev–Trinajstić information content (AvgIpc) is 2.99. The van der Waals surface area contributed by atoms with Crippen LogP contribution in [0, 0.1) is 5.82 Å². The highest BCUT2D eigenvalue weighted by Crippen LogP contribution is 2.18. The van der Waals surface area contributed by atoms with Gasteiger partial charge in [-0.3, -0.25) is 4.79 Å². The first-order valence-corrected chi connectivity index (χ1v) is 9.02. The van der Waals surface area contributed by atoms with E-state index in [4.69, 9.17) is 0 Å². The molecule has 0 aliphatic heterocycles. The Morgan fingerprint density at radius 3 is 2.75 bits per heavy atom. The number of thioether (sulfide) groups is 1. The minimum atomic E-state index is -0.173. The predicted octanol–water partition coefficient (Wildman–Crippen LogP) is 3.90. The van der Waals surface area contributed by atoms with Crippen molar-refractivity contribution in [2.45, 2.75) is 12.2 Å². The summed E-state index contributed by atoms with van der Waals surface area (Å²) in [6.45, 7) is 0.584. The van der Waals surface area contributed by atoms with Crippen LogP contribution in [0.3, 0.4) is 0 Å². The quantitative estimate of drug-likeness (QED) is 0.640. The lowest BCUT2D eigenvalue weighted by atomic mass is 10.1. The SMILES string of the molecule is O=C(Cc1c[nH]c2ccccc12)NCCSCc1ccccc1F. The van der Waals surface area contributed by atoms with Gasteiger partial charge in [0.1, 0.15) is 5.82 Å². The predicted molar refractivity (Wildman–Crippen MR) is 97.6 cm³/mol. The Hall–Kier alpha value is -2.27. The standard InChI is InChI=1S/C19H19FN2OS/c20-17-7-3-1-5-14(17)13-24-10-9-21-19(23)11-15-12-22-18-8-4-2-6-16(15)18/h1-8,12,22H,9-11,13H2,(H,21,23). The number of hydrogen-bond donors (Lipinski definition) is 2. The molecule has 0 aliphatic carbocycles. The van der Waals surface area contributed by atoms with Gasteiger partial charge < -0.3 is 10.3 Å². The topological polar surface area (TPSA) is 44.9 Å². The number of para-hydroxylation sites is 1. The molecule has 0 radical (unpaired) electrons. The summed E-state index contributed by atoms with van der Waals surface area (Å²) in [5.74, 6) is 1.21. The number of aromatic amines is 1. The van der Waals surface area contributed by atoms with E-state index in [9.17, 15) is 9.18 Å². The third-order valence-corrected chi connectivity index (χ3v) is 4.82. The van der Waals surface area contributed by atoms with Crippen LogP contribution < -0.4 is 5.32 Å². The molecule has 1 aromatic heterocycles. The molecule has 0 spiro atoms. The number of rotatable bonds is 7. The van der Waals surface area contributed by atoms with E-state index in [1.165, 1.54) is 6.07 Å². The molecule has 124 valence electrons. The molecule has 0 saturated heterocycles. The van der Waals surface area contributed by atoms with Gasteiger partial charge in [-0.2, -0.15) is 11.8 Å². The Bertz CT molecular complexity index is 831. The largest absolute Gasteiger partial charge is 0.361 e. The van der Waals surface area contributed by atoms with Gasteiger partial charge in [0.05, 0.1) is 6.42 Å². The van der Waals surface area contributed by atoms with Gasteiger partial charge in [-0.05, 0) is 23.3 Å². The van der Waals surface area contributed by atoms with Crippen molar-refractivity contribution in [1.82, 2.24) is 10.3 Å². The van der Waals surface area contributed by atoms with Crippen LogP contribution in [0.15, 0.2) is 54.7 Å². The summed E-state index contributed by atoms with van der Waals surface area (Å²) in [6.07, 6.45) is 2.25. The van der Waals surface area contributed by atoms with Crippen LogP contribution in [-0.2, 0) is 17.0 Å². The molecular weight excluding hydrogens is 323 g/mol. The third-order valence-electron chi connectivity index (χ3n) is 3.81. The van der Waals surface area contributed by atoms with Crippen LogP contribution in [0.1, 0.15) is 11.1 Å². The van der Waals surface area contributed by atoms with E-state index >= 15 is 0 Å². The average molecular weight is 342 g/mol. The monoisotopic (exact) mass is 342 g/mol. The lowest BCUT2D eigenvalue weighted by Gasteiger charge is -2.06. The van der Waals surface area contributed by atoms with Gasteiger partial charge in [0.2, 0.25) is 5.91 Å². The molecule has 0 fully saturated rings. The van der Waals surface area contributed by atoms with Gasteiger partial charge in [-0.1, -0.05) is 36.4 Å². The van der Waals surface area contributed by atoms with Crippen LogP contribution in [0.25, 0.3) is 10.9 Å². The summed E-state index contributed by atoms with van der Waals surface area (Å²) in [4.78, 5) is 15.2. The zero-order valence-electron chi connectivity index (χ0n) is 13.2. The van der Waals surface area contributed by atoms with Crippen molar-refractivity contribution in [2.75, 3.05) is 12.3 Å². The van der Waals surface area contributed by atoms with Crippen molar-refractivity contribution >= 4 is 28.6 Å². The fraction of sp³-hybridized carbons (Fsp3) is 0.211. The third kappa shape index (κ3) is 4.17. The van der Waals surface area contributed by atoms with Crippen molar-refractivity contribution in [3.63, 3.8) is 0 Å². The number of hydrogen-bond acceptors (Lipinski definition) is 2. The van der Waals surface area contributed by atoms with Crippen molar-refractivity contribution < 1.29 is 9.18 Å². The molecule has 1 heterocycles. The van der Waals surface area contributed by atoms with Crippen molar-refractivity contribution in [3.8, 4) is 0 Å². The Kier molecular flexibility index (Phi) is 5.54. The van der Waals surface area contributed by atoms with Crippen LogP contribution in [0.2, 0.25) is 0 Å². The van der Waals surface area contributed by atoms with Crippen molar-refractivity contribution in [2.24, 2.45) is 0 Å². The summed E-state index contributed by atoms with van der Waals surface area (Å²) >= 11 is 1.61. The number of H-pyrrole nitrogens is 1. The van der Waals surface area contributed by atoms with Crippen LogP contribution in [0.4, 0.5) is 4.39 Å². The maximum absolute atomic E-state index is 13.5. The second-order valence-electron chi connectivity index (χ2n) is 5.53. The molecule has 24 heavy (non-hydrogen) atoms. The Morgan fingerprint density at radius 2 is 1.88 bits per heavy atom. The molecule has 3 aromatic rings. The zero-order chi connectivity index (χ0) is 16.8. The molecule has 0 atom stereocenters. The van der Waals surface area contributed by atoms with E-state index in [-0.39, 0.29) is 11.7 Å². The summed E-state index contributed by atoms with van der Waals surface area (Å²) in [7, 11) is 0. The minimum absolute atomic E-state index is 0.00578. The Labute approximate surface area is 144 Å². The summed E-state index contributed by atoms with van der Waals surface area (Å²) in [5, 5.41) is 4.00. The molecule has 0 saturated carbocycles. The van der Waals surface area contributed by atoms with Gasteiger partial charge in [0, 0.05) is 35.2 Å². The van der Waals surface area contributed by atoms with Crippen LogP contribution in [0.5, 0.6) is 0 Å². The number of halogens is 1. The first-order valence-electron chi connectivity index (χ1n) is 7.87. The summed E-state index contributed by atoms with van der Waals surface area (Å²) in [5.41, 5.74) is 2.75. The molecule has 0 unspecified atom stereocenters. The highest BCUT2D eigenvalue weighted by atomic mass is 32.2. The normalized spacial score (nSPS) is 10.9. The van der Waals surface area contributed by atoms with E-state index in [1.807, 2.05) is 36.5 Å². The molecular formula is C19H19FN2OS. The number of aromatic nitrogens is 1. The fourth-order valence-electron chi connectivity index (χ4n) is 2.57. The maximum atomic E-state index is 13.5. The molecule has 3 nitrogen and oxygen atoms in total. The first-order chi connectivity index (χ1) is 11.7. The molecule has 2 N–H and O–H groups in total. The minimum Gasteiger partial charge on any atom is -0.361 e. The zero-order valence-corrected chi connectivity index (χ0v) is 14.0. The first kappa shape index (κ1) is 16.6. The number of fused-ring (bicyclic) bond motifs is 1. The molecule has 2 aromatic carbocycles. The number of carbonyl (C=O) groups excluding carboxylic acids is 1. The maximum Gasteiger partial charge on any atom is 0.224 e. The molecule has 3 rings (SSSR count). The second kappa shape index (κ2) is 8.02. The summed E-state index contributed by atoms with van der Waals surface area (Å²) in [6, 6.07) is 14.7. The van der Waals surface area contributed by atoms with Gasteiger partial charge >= 0.3 is 0 Å². The van der Waals surface area contributed by atoms with Gasteiger partial charge in [0.25, 0.3) is 0 Å². The van der Waals surface area contributed by atoms with Gasteiger partial charge in [0.15, 0.2) is 0 Å². The van der Waals surface area contributed by atoms with Gasteiger partial charge in [-0.15, -0.1) is 0 Å². The van der Waals surface area contributed by atoms with E-state index < -0.39 is 0 Å². The smallest absolute Gasteiger partial charge is 0.224 e. The second-order valence-corrected chi connectivity index (χ2v) is 6.64. The number of nitrogens with one attached hydrogen (secondary N) is 2. The molecule has 0 bridgehead atoms. The van der Waals surface area contributed by atoms with E-state index in [0.29, 0.717) is 24.3 Å². The lowest BCUT2D eigenvalue weighted by molar-refractivity contribution is -0.120. The van der Waals surface area contributed by atoms with Crippen LogP contribution >= 0.6 is 11.8 Å². The highest BCUT2D eigenvalue weighted by molar-refractivity contribution is 7.98. The Balaban J connectivity index is 1.41. The molecule has 0 aliphatic rings. The lowest BCUT2D eigenvalue weighted by Crippen LogP contribution is -2.27. The van der Waals surface area contributed by atoms with E-state index in [1.54, 1.807) is 23.9 Å². The highest BCUT2D eigenvalue weighted by Gasteiger charge is 2.08. The fourth-order valence-corrected chi connectivity index (χ4v) is 3.42. The number of benzene rings is 2. The van der Waals surface area contributed by atoms with Gasteiger partial charge in [-0.25, -0.2) is 4.39 Å². The Morgan fingerprint density at radius 1 is 1.08 bits per heavy atom. The van der Waals surface area contributed by atoms with E-state index in [2.05, 4.69) is 10.3 Å². The van der Waals surface area contributed by atoms with Crippen LogP contribution in [-0.4, -0.2) is 23.2 Å². The van der Waals surface area contributed by atoms with Crippen molar-refractivity contribution in [3.05, 3.63) is 71.7 Å². The molecule has 1 amide bonds. The summed E-state index contributed by atoms with van der Waals surface area (Å²) < 4.78 is 13.5.